The highest BCUT2D eigenvalue weighted by Crippen LogP contribution is 2.23. The van der Waals surface area contributed by atoms with Gasteiger partial charge in [-0.25, -0.2) is 0 Å². The highest BCUT2D eigenvalue weighted by Gasteiger charge is 2.15. The van der Waals surface area contributed by atoms with Crippen molar-refractivity contribution in [2.75, 3.05) is 13.2 Å². The maximum absolute atomic E-state index is 5.84. The van der Waals surface area contributed by atoms with Crippen molar-refractivity contribution in [1.82, 2.24) is 10.1 Å². The molecule has 2 aromatic heterocycles. The Labute approximate surface area is 97.2 Å². The summed E-state index contributed by atoms with van der Waals surface area (Å²) in [6.45, 7) is 2.95. The minimum atomic E-state index is -0.336. The molecule has 2 N–H and O–H groups in total. The number of rotatable bonds is 5. The summed E-state index contributed by atoms with van der Waals surface area (Å²) in [6, 6.07) is 3.53. The lowest BCUT2D eigenvalue weighted by Gasteiger charge is -2.05. The maximum atomic E-state index is 5.84. The van der Waals surface area contributed by atoms with Gasteiger partial charge < -0.3 is 15.0 Å². The standard InChI is InChI=1S/C10H13N3O2S/c1-2-14-6-7(11)9-12-10(15-13-9)8-4-3-5-16-8/h3-5,7H,2,6,11H2,1H3. The lowest BCUT2D eigenvalue weighted by Crippen LogP contribution is -2.18. The number of hydrogen-bond donors (Lipinski definition) is 1. The van der Waals surface area contributed by atoms with Crippen LogP contribution in [0.25, 0.3) is 10.8 Å². The van der Waals surface area contributed by atoms with E-state index >= 15 is 0 Å². The summed E-state index contributed by atoms with van der Waals surface area (Å²) in [6.07, 6.45) is 0. The highest BCUT2D eigenvalue weighted by molar-refractivity contribution is 7.13. The van der Waals surface area contributed by atoms with Crippen molar-refractivity contribution in [2.24, 2.45) is 5.73 Å². The minimum absolute atomic E-state index is 0.336. The predicted molar refractivity (Wildman–Crippen MR) is 61.0 cm³/mol. The topological polar surface area (TPSA) is 74.2 Å². The Balaban J connectivity index is 2.07. The largest absolute Gasteiger partial charge is 0.380 e. The number of ether oxygens (including phenoxy) is 1. The zero-order valence-electron chi connectivity index (χ0n) is 8.92. The van der Waals surface area contributed by atoms with Crippen molar-refractivity contribution in [3.05, 3.63) is 23.3 Å². The first kappa shape index (κ1) is 11.3. The average Bonchev–Trinajstić information content (AvgIpc) is 2.94. The van der Waals surface area contributed by atoms with Crippen molar-refractivity contribution in [3.8, 4) is 10.8 Å². The second-order valence-electron chi connectivity index (χ2n) is 3.20. The van der Waals surface area contributed by atoms with Crippen LogP contribution in [-0.4, -0.2) is 23.4 Å². The van der Waals surface area contributed by atoms with Gasteiger partial charge in [0, 0.05) is 6.61 Å². The van der Waals surface area contributed by atoms with E-state index in [1.54, 1.807) is 11.3 Å². The quantitative estimate of drug-likeness (QED) is 0.861. The van der Waals surface area contributed by atoms with E-state index in [-0.39, 0.29) is 6.04 Å². The van der Waals surface area contributed by atoms with E-state index < -0.39 is 0 Å². The van der Waals surface area contributed by atoms with Gasteiger partial charge in [0.25, 0.3) is 5.89 Å². The Morgan fingerprint density at radius 2 is 2.50 bits per heavy atom. The summed E-state index contributed by atoms with van der Waals surface area (Å²) < 4.78 is 10.3. The molecule has 0 saturated carbocycles. The van der Waals surface area contributed by atoms with Crippen molar-refractivity contribution in [2.45, 2.75) is 13.0 Å². The van der Waals surface area contributed by atoms with Gasteiger partial charge in [0.05, 0.1) is 17.5 Å². The molecule has 0 spiro atoms. The van der Waals surface area contributed by atoms with Crippen LogP contribution < -0.4 is 5.73 Å². The first-order valence-corrected chi connectivity index (χ1v) is 5.90. The normalized spacial score (nSPS) is 12.9. The zero-order valence-corrected chi connectivity index (χ0v) is 9.74. The van der Waals surface area contributed by atoms with Crippen molar-refractivity contribution < 1.29 is 9.26 Å². The van der Waals surface area contributed by atoms with Gasteiger partial charge in [0.15, 0.2) is 5.82 Å². The second kappa shape index (κ2) is 5.20. The van der Waals surface area contributed by atoms with Gasteiger partial charge in [0.2, 0.25) is 0 Å². The molecular formula is C10H13N3O2S. The van der Waals surface area contributed by atoms with Crippen LogP contribution in [0.2, 0.25) is 0 Å². The molecule has 2 aromatic rings. The molecule has 6 heteroatoms. The molecule has 2 rings (SSSR count). The molecule has 0 amide bonds. The molecule has 5 nitrogen and oxygen atoms in total. The van der Waals surface area contributed by atoms with Gasteiger partial charge in [0.1, 0.15) is 0 Å². The van der Waals surface area contributed by atoms with Crippen LogP contribution >= 0.6 is 11.3 Å². The van der Waals surface area contributed by atoms with Gasteiger partial charge in [-0.05, 0) is 18.4 Å². The summed E-state index contributed by atoms with van der Waals surface area (Å²) in [5, 5.41) is 5.80. The fraction of sp³-hybridized carbons (Fsp3) is 0.400. The first-order chi connectivity index (χ1) is 7.81. The van der Waals surface area contributed by atoms with E-state index in [4.69, 9.17) is 15.0 Å². The van der Waals surface area contributed by atoms with E-state index in [9.17, 15) is 0 Å². The monoisotopic (exact) mass is 239 g/mol. The van der Waals surface area contributed by atoms with Gasteiger partial charge in [-0.2, -0.15) is 4.98 Å². The van der Waals surface area contributed by atoms with E-state index in [0.29, 0.717) is 24.9 Å². The summed E-state index contributed by atoms with van der Waals surface area (Å²) in [5.41, 5.74) is 5.84. The van der Waals surface area contributed by atoms with Gasteiger partial charge in [-0.15, -0.1) is 11.3 Å². The molecule has 0 aliphatic rings. The molecule has 0 fully saturated rings. The average molecular weight is 239 g/mol. The van der Waals surface area contributed by atoms with E-state index in [1.807, 2.05) is 24.4 Å². The molecule has 0 aromatic carbocycles. The lowest BCUT2D eigenvalue weighted by molar-refractivity contribution is 0.130. The van der Waals surface area contributed by atoms with E-state index in [1.165, 1.54) is 0 Å². The smallest absolute Gasteiger partial charge is 0.268 e. The minimum Gasteiger partial charge on any atom is -0.380 e. The van der Waals surface area contributed by atoms with Crippen LogP contribution in [0.1, 0.15) is 18.8 Å². The van der Waals surface area contributed by atoms with Gasteiger partial charge >= 0.3 is 0 Å². The number of hydrogen-bond acceptors (Lipinski definition) is 6. The third kappa shape index (κ3) is 2.46. The first-order valence-electron chi connectivity index (χ1n) is 5.02. The number of aromatic nitrogens is 2. The molecule has 16 heavy (non-hydrogen) atoms. The molecule has 0 saturated heterocycles. The fourth-order valence-corrected chi connectivity index (χ4v) is 1.85. The third-order valence-corrected chi connectivity index (χ3v) is 2.86. The van der Waals surface area contributed by atoms with Crippen LogP contribution in [0.4, 0.5) is 0 Å². The Morgan fingerprint density at radius 1 is 1.62 bits per heavy atom. The van der Waals surface area contributed by atoms with Gasteiger partial charge in [-0.3, -0.25) is 0 Å². The van der Waals surface area contributed by atoms with Crippen molar-refractivity contribution in [1.29, 1.82) is 0 Å². The van der Waals surface area contributed by atoms with E-state index in [0.717, 1.165) is 4.88 Å². The van der Waals surface area contributed by atoms with E-state index in [2.05, 4.69) is 10.1 Å². The van der Waals surface area contributed by atoms with Crippen LogP contribution in [0, 0.1) is 0 Å². The van der Waals surface area contributed by atoms with Gasteiger partial charge in [-0.1, -0.05) is 11.2 Å². The molecule has 1 unspecified atom stereocenters. The third-order valence-electron chi connectivity index (χ3n) is 2.01. The molecule has 2 heterocycles. The molecule has 0 bridgehead atoms. The molecular weight excluding hydrogens is 226 g/mol. The number of nitrogens with two attached hydrogens (primary N) is 1. The number of thiophene rings is 1. The summed E-state index contributed by atoms with van der Waals surface area (Å²) in [5.74, 6) is 0.994. The van der Waals surface area contributed by atoms with Crippen LogP contribution in [0.3, 0.4) is 0 Å². The Morgan fingerprint density at radius 3 is 3.19 bits per heavy atom. The molecule has 0 aliphatic carbocycles. The molecule has 86 valence electrons. The molecule has 1 atom stereocenters. The van der Waals surface area contributed by atoms with Crippen molar-refractivity contribution >= 4 is 11.3 Å². The predicted octanol–water partition coefficient (Wildman–Crippen LogP) is 1.83. The summed E-state index contributed by atoms with van der Waals surface area (Å²) in [7, 11) is 0. The second-order valence-corrected chi connectivity index (χ2v) is 4.15. The highest BCUT2D eigenvalue weighted by atomic mass is 32.1. The van der Waals surface area contributed by atoms with Crippen LogP contribution in [0.5, 0.6) is 0 Å². The Kier molecular flexibility index (Phi) is 3.66. The van der Waals surface area contributed by atoms with Crippen LogP contribution in [0.15, 0.2) is 22.0 Å². The molecule has 0 aliphatic heterocycles. The SMILES string of the molecule is CCOCC(N)c1noc(-c2cccs2)n1. The van der Waals surface area contributed by atoms with Crippen LogP contribution in [-0.2, 0) is 4.74 Å². The Bertz CT molecular complexity index is 427. The maximum Gasteiger partial charge on any atom is 0.268 e. The lowest BCUT2D eigenvalue weighted by atomic mass is 10.3. The zero-order chi connectivity index (χ0) is 11.4. The Hall–Kier alpha value is -1.24. The fourth-order valence-electron chi connectivity index (χ4n) is 1.21. The summed E-state index contributed by atoms with van der Waals surface area (Å²) >= 11 is 1.55. The number of nitrogens with zero attached hydrogens (tertiary/aromatic N) is 2. The summed E-state index contributed by atoms with van der Waals surface area (Å²) in [4.78, 5) is 5.18. The molecule has 0 radical (unpaired) electrons. The van der Waals surface area contributed by atoms with Crippen molar-refractivity contribution in [3.63, 3.8) is 0 Å².